The van der Waals surface area contributed by atoms with Crippen LogP contribution in [0.25, 0.3) is 0 Å². The van der Waals surface area contributed by atoms with E-state index in [0.29, 0.717) is 6.42 Å². The van der Waals surface area contributed by atoms with Gasteiger partial charge < -0.3 is 0 Å². The van der Waals surface area contributed by atoms with Crippen LogP contribution in [-0.4, -0.2) is 15.0 Å². The van der Waals surface area contributed by atoms with E-state index in [4.69, 9.17) is 0 Å². The van der Waals surface area contributed by atoms with Crippen LogP contribution in [-0.2, 0) is 16.2 Å². The Morgan fingerprint density at radius 2 is 1.79 bits per heavy atom. The van der Waals surface area contributed by atoms with Crippen LogP contribution in [0.3, 0.4) is 0 Å². The fourth-order valence-electron chi connectivity index (χ4n) is 1.35. The van der Waals surface area contributed by atoms with E-state index < -0.39 is 21.8 Å². The molecule has 7 heteroatoms. The molecule has 19 heavy (non-hydrogen) atoms. The molecular formula is C12H14F3NO2S. The quantitative estimate of drug-likeness (QED) is 0.670. The van der Waals surface area contributed by atoms with E-state index in [-0.39, 0.29) is 11.4 Å². The van der Waals surface area contributed by atoms with Gasteiger partial charge in [-0.15, -0.1) is 0 Å². The first-order chi connectivity index (χ1) is 8.77. The molecule has 1 rings (SSSR count). The lowest BCUT2D eigenvalue weighted by Gasteiger charge is -2.08. The highest BCUT2D eigenvalue weighted by molar-refractivity contribution is 7.89. The fourth-order valence-corrected chi connectivity index (χ4v) is 2.40. The van der Waals surface area contributed by atoms with Gasteiger partial charge in [-0.25, -0.2) is 13.1 Å². The summed E-state index contributed by atoms with van der Waals surface area (Å²) in [5, 5.41) is 0. The first-order valence-electron chi connectivity index (χ1n) is 5.55. The van der Waals surface area contributed by atoms with E-state index in [9.17, 15) is 21.6 Å². The third kappa shape index (κ3) is 4.68. The van der Waals surface area contributed by atoms with Gasteiger partial charge in [0.25, 0.3) is 0 Å². The maximum Gasteiger partial charge on any atom is 0.416 e. The first kappa shape index (κ1) is 15.7. The summed E-state index contributed by atoms with van der Waals surface area (Å²) in [4.78, 5) is -0.180. The Kier molecular flexibility index (Phi) is 5.13. The third-order valence-electron chi connectivity index (χ3n) is 2.33. The molecule has 106 valence electrons. The van der Waals surface area contributed by atoms with Gasteiger partial charge in [0, 0.05) is 6.54 Å². The minimum atomic E-state index is -4.47. The number of allylic oxidation sites excluding steroid dienone is 1. The molecule has 0 saturated carbocycles. The van der Waals surface area contributed by atoms with E-state index in [0.717, 1.165) is 24.3 Å². The maximum absolute atomic E-state index is 12.3. The minimum Gasteiger partial charge on any atom is -0.211 e. The molecule has 0 aliphatic rings. The van der Waals surface area contributed by atoms with E-state index >= 15 is 0 Å². The lowest BCUT2D eigenvalue weighted by Crippen LogP contribution is -2.24. The summed E-state index contributed by atoms with van der Waals surface area (Å²) >= 11 is 0. The van der Waals surface area contributed by atoms with Crippen molar-refractivity contribution < 1.29 is 21.6 Å². The van der Waals surface area contributed by atoms with Crippen LogP contribution in [0.15, 0.2) is 41.3 Å². The molecule has 0 radical (unpaired) electrons. The zero-order valence-electron chi connectivity index (χ0n) is 10.2. The van der Waals surface area contributed by atoms with Crippen molar-refractivity contribution in [3.63, 3.8) is 0 Å². The second-order valence-corrected chi connectivity index (χ2v) is 5.54. The summed E-state index contributed by atoms with van der Waals surface area (Å²) in [6, 6.07) is 3.39. The Labute approximate surface area is 110 Å². The molecule has 0 unspecified atom stereocenters. The van der Waals surface area contributed by atoms with Crippen molar-refractivity contribution in [2.24, 2.45) is 0 Å². The minimum absolute atomic E-state index is 0.180. The maximum atomic E-state index is 12.3. The number of halogens is 3. The number of benzene rings is 1. The lowest BCUT2D eigenvalue weighted by molar-refractivity contribution is -0.137. The number of rotatable bonds is 5. The van der Waals surface area contributed by atoms with Crippen molar-refractivity contribution >= 4 is 10.0 Å². The molecule has 0 atom stereocenters. The molecule has 1 aromatic rings. The highest BCUT2D eigenvalue weighted by atomic mass is 32.2. The smallest absolute Gasteiger partial charge is 0.211 e. The van der Waals surface area contributed by atoms with Crippen molar-refractivity contribution in [1.82, 2.24) is 4.72 Å². The number of alkyl halides is 3. The molecule has 0 bridgehead atoms. The Hall–Kier alpha value is -1.34. The molecule has 0 aliphatic carbocycles. The Balaban J connectivity index is 2.79. The van der Waals surface area contributed by atoms with Gasteiger partial charge in [-0.05, 0) is 37.6 Å². The second kappa shape index (κ2) is 6.21. The molecule has 1 aromatic carbocycles. The second-order valence-electron chi connectivity index (χ2n) is 3.78. The zero-order valence-corrected chi connectivity index (χ0v) is 11.1. The predicted molar refractivity (Wildman–Crippen MR) is 66.1 cm³/mol. The number of sulfonamides is 1. The van der Waals surface area contributed by atoms with Crippen LogP contribution >= 0.6 is 0 Å². The normalized spacial score (nSPS) is 13.1. The number of hydrogen-bond acceptors (Lipinski definition) is 2. The first-order valence-corrected chi connectivity index (χ1v) is 7.04. The van der Waals surface area contributed by atoms with Crippen LogP contribution in [0.1, 0.15) is 18.9 Å². The van der Waals surface area contributed by atoms with Crippen molar-refractivity contribution in [3.8, 4) is 0 Å². The molecule has 0 fully saturated rings. The number of nitrogens with one attached hydrogen (secondary N) is 1. The molecule has 0 spiro atoms. The summed E-state index contributed by atoms with van der Waals surface area (Å²) in [6.45, 7) is 2.01. The van der Waals surface area contributed by atoms with Gasteiger partial charge in [0.1, 0.15) is 0 Å². The molecule has 0 amide bonds. The van der Waals surface area contributed by atoms with Crippen LogP contribution in [0.5, 0.6) is 0 Å². The average Bonchev–Trinajstić information content (AvgIpc) is 2.34. The molecule has 0 heterocycles. The van der Waals surface area contributed by atoms with Crippen LogP contribution in [0.2, 0.25) is 0 Å². The molecule has 1 N–H and O–H groups in total. The standard InChI is InChI=1S/C12H14F3NO2S/c1-2-3-4-9-16-19(17,18)11-7-5-10(6-8-11)12(13,14)15/h2-3,5-8,16H,4,9H2,1H3/b3-2+. The summed E-state index contributed by atoms with van der Waals surface area (Å²) in [5.41, 5.74) is -0.875. The fraction of sp³-hybridized carbons (Fsp3) is 0.333. The van der Waals surface area contributed by atoms with Gasteiger partial charge in [0.15, 0.2) is 0 Å². The van der Waals surface area contributed by atoms with Crippen molar-refractivity contribution in [1.29, 1.82) is 0 Å². The van der Waals surface area contributed by atoms with Gasteiger partial charge >= 0.3 is 6.18 Å². The van der Waals surface area contributed by atoms with Crippen LogP contribution < -0.4 is 4.72 Å². The largest absolute Gasteiger partial charge is 0.416 e. The predicted octanol–water partition coefficient (Wildman–Crippen LogP) is 2.95. The van der Waals surface area contributed by atoms with Crippen molar-refractivity contribution in [3.05, 3.63) is 42.0 Å². The molecule has 0 aliphatic heterocycles. The number of hydrogen-bond donors (Lipinski definition) is 1. The molecule has 3 nitrogen and oxygen atoms in total. The summed E-state index contributed by atoms with van der Waals surface area (Å²) < 4.78 is 62.8. The van der Waals surface area contributed by atoms with Crippen LogP contribution in [0.4, 0.5) is 13.2 Å². The Bertz CT molecular complexity index is 533. The highest BCUT2D eigenvalue weighted by Crippen LogP contribution is 2.29. The Morgan fingerprint density at radius 1 is 1.21 bits per heavy atom. The van der Waals surface area contributed by atoms with Gasteiger partial charge in [0.2, 0.25) is 10.0 Å². The zero-order chi connectivity index (χ0) is 14.5. The molecular weight excluding hydrogens is 279 g/mol. The SMILES string of the molecule is C/C=C/CCNS(=O)(=O)c1ccc(C(F)(F)F)cc1. The average molecular weight is 293 g/mol. The summed E-state index contributed by atoms with van der Waals surface area (Å²) in [5.74, 6) is 0. The van der Waals surface area contributed by atoms with E-state index in [1.807, 2.05) is 6.92 Å². The van der Waals surface area contributed by atoms with Gasteiger partial charge in [-0.3, -0.25) is 0 Å². The lowest BCUT2D eigenvalue weighted by atomic mass is 10.2. The molecule has 0 aromatic heterocycles. The van der Waals surface area contributed by atoms with E-state index in [1.54, 1.807) is 12.2 Å². The van der Waals surface area contributed by atoms with E-state index in [1.165, 1.54) is 0 Å². The summed E-state index contributed by atoms with van der Waals surface area (Å²) in [6.07, 6.45) is -0.375. The summed E-state index contributed by atoms with van der Waals surface area (Å²) in [7, 11) is -3.75. The highest BCUT2D eigenvalue weighted by Gasteiger charge is 2.30. The van der Waals surface area contributed by atoms with Gasteiger partial charge in [-0.2, -0.15) is 13.2 Å². The van der Waals surface area contributed by atoms with Crippen LogP contribution in [0, 0.1) is 0 Å². The topological polar surface area (TPSA) is 46.2 Å². The third-order valence-corrected chi connectivity index (χ3v) is 3.81. The molecule has 0 saturated heterocycles. The van der Waals surface area contributed by atoms with E-state index in [2.05, 4.69) is 4.72 Å². The van der Waals surface area contributed by atoms with Crippen molar-refractivity contribution in [2.45, 2.75) is 24.4 Å². The van der Waals surface area contributed by atoms with Gasteiger partial charge in [-0.1, -0.05) is 12.2 Å². The van der Waals surface area contributed by atoms with Gasteiger partial charge in [0.05, 0.1) is 10.5 Å². The monoisotopic (exact) mass is 293 g/mol. The Morgan fingerprint density at radius 3 is 2.26 bits per heavy atom. The van der Waals surface area contributed by atoms with Crippen molar-refractivity contribution in [2.75, 3.05) is 6.54 Å².